The summed E-state index contributed by atoms with van der Waals surface area (Å²) in [6.45, 7) is 2.42. The minimum Gasteiger partial charge on any atom is -0.394 e. The molecule has 3 atom stereocenters. The topological polar surface area (TPSA) is 87.7 Å². The Labute approximate surface area is 144 Å². The number of nitrogens with one attached hydrogen (secondary N) is 2. The van der Waals surface area contributed by atoms with Gasteiger partial charge in [0.25, 0.3) is 0 Å². The molecular formula is C18H32N2O4. The quantitative estimate of drug-likeness (QED) is 0.655. The molecule has 6 heteroatoms. The van der Waals surface area contributed by atoms with Crippen LogP contribution in [-0.2, 0) is 14.3 Å². The van der Waals surface area contributed by atoms with Crippen LogP contribution in [-0.4, -0.2) is 48.3 Å². The van der Waals surface area contributed by atoms with Crippen LogP contribution in [0.25, 0.3) is 0 Å². The van der Waals surface area contributed by atoms with Crippen LogP contribution in [0.5, 0.6) is 0 Å². The van der Waals surface area contributed by atoms with Gasteiger partial charge in [-0.25, -0.2) is 0 Å². The van der Waals surface area contributed by atoms with E-state index in [0.717, 1.165) is 19.4 Å². The van der Waals surface area contributed by atoms with E-state index in [1.807, 2.05) is 0 Å². The first kappa shape index (κ1) is 19.2. The summed E-state index contributed by atoms with van der Waals surface area (Å²) in [6.07, 6.45) is 7.90. The standard InChI is InChI=1S/C18H32N2O4/c1-2-17(22)20-15-9-8-14(24-16(15)12-21)10-18(23)19-11-13-6-4-3-5-7-13/h13-16,21H,2-12H2,1H3,(H,19,23)(H,20,22)/t14-,15+,16-/m0/s1. The van der Waals surface area contributed by atoms with Crippen molar-refractivity contribution in [2.45, 2.75) is 83.0 Å². The monoisotopic (exact) mass is 340 g/mol. The number of rotatable bonds is 7. The average Bonchev–Trinajstić information content (AvgIpc) is 2.62. The predicted molar refractivity (Wildman–Crippen MR) is 91.4 cm³/mol. The molecular weight excluding hydrogens is 308 g/mol. The fourth-order valence-electron chi connectivity index (χ4n) is 3.68. The molecule has 0 aromatic rings. The van der Waals surface area contributed by atoms with Crippen LogP contribution in [0.3, 0.4) is 0 Å². The number of ether oxygens (including phenoxy) is 1. The van der Waals surface area contributed by atoms with Gasteiger partial charge in [-0.1, -0.05) is 26.2 Å². The number of hydrogen-bond acceptors (Lipinski definition) is 4. The molecule has 2 amide bonds. The Kier molecular flexibility index (Phi) is 7.99. The minimum atomic E-state index is -0.426. The van der Waals surface area contributed by atoms with E-state index in [4.69, 9.17) is 4.74 Å². The van der Waals surface area contributed by atoms with Gasteiger partial charge < -0.3 is 20.5 Å². The highest BCUT2D eigenvalue weighted by Gasteiger charge is 2.32. The molecule has 24 heavy (non-hydrogen) atoms. The van der Waals surface area contributed by atoms with Crippen LogP contribution < -0.4 is 10.6 Å². The highest BCUT2D eigenvalue weighted by atomic mass is 16.5. The maximum Gasteiger partial charge on any atom is 0.222 e. The van der Waals surface area contributed by atoms with Crippen molar-refractivity contribution in [3.8, 4) is 0 Å². The van der Waals surface area contributed by atoms with Gasteiger partial charge in [-0.15, -0.1) is 0 Å². The summed E-state index contributed by atoms with van der Waals surface area (Å²) in [6, 6.07) is -0.163. The molecule has 1 saturated carbocycles. The van der Waals surface area contributed by atoms with Crippen LogP contribution in [0, 0.1) is 5.92 Å². The van der Waals surface area contributed by atoms with Crippen molar-refractivity contribution >= 4 is 11.8 Å². The highest BCUT2D eigenvalue weighted by molar-refractivity contribution is 5.76. The fraction of sp³-hybridized carbons (Fsp3) is 0.889. The van der Waals surface area contributed by atoms with Gasteiger partial charge in [0.2, 0.25) is 11.8 Å². The molecule has 1 aliphatic carbocycles. The molecule has 6 nitrogen and oxygen atoms in total. The number of carbonyl (C=O) groups excluding carboxylic acids is 2. The van der Waals surface area contributed by atoms with Crippen LogP contribution >= 0.6 is 0 Å². The maximum absolute atomic E-state index is 12.1. The SMILES string of the molecule is CCC(=O)N[C@@H]1CC[C@@H](CC(=O)NCC2CCCCC2)O[C@H]1CO. The summed E-state index contributed by atoms with van der Waals surface area (Å²) < 4.78 is 5.83. The first-order valence-corrected chi connectivity index (χ1v) is 9.44. The summed E-state index contributed by atoms with van der Waals surface area (Å²) >= 11 is 0. The number of hydrogen-bond donors (Lipinski definition) is 3. The largest absolute Gasteiger partial charge is 0.394 e. The molecule has 0 spiro atoms. The zero-order chi connectivity index (χ0) is 17.4. The lowest BCUT2D eigenvalue weighted by Gasteiger charge is -2.36. The maximum atomic E-state index is 12.1. The molecule has 3 N–H and O–H groups in total. The average molecular weight is 340 g/mol. The fourth-order valence-corrected chi connectivity index (χ4v) is 3.68. The van der Waals surface area contributed by atoms with Crippen molar-refractivity contribution in [3.05, 3.63) is 0 Å². The second kappa shape index (κ2) is 9.99. The molecule has 2 aliphatic rings. The van der Waals surface area contributed by atoms with Crippen LogP contribution in [0.1, 0.15) is 64.7 Å². The van der Waals surface area contributed by atoms with Crippen molar-refractivity contribution < 1.29 is 19.4 Å². The zero-order valence-corrected chi connectivity index (χ0v) is 14.8. The van der Waals surface area contributed by atoms with Gasteiger partial charge in [0, 0.05) is 13.0 Å². The first-order chi connectivity index (χ1) is 11.6. The van der Waals surface area contributed by atoms with E-state index in [-0.39, 0.29) is 30.6 Å². The van der Waals surface area contributed by atoms with Crippen molar-refractivity contribution in [2.24, 2.45) is 5.92 Å². The van der Waals surface area contributed by atoms with Gasteiger partial charge >= 0.3 is 0 Å². The third-order valence-electron chi connectivity index (χ3n) is 5.19. The Balaban J connectivity index is 1.71. The second-order valence-electron chi connectivity index (χ2n) is 7.10. The van der Waals surface area contributed by atoms with E-state index in [1.54, 1.807) is 6.92 Å². The van der Waals surface area contributed by atoms with Gasteiger partial charge in [-0.05, 0) is 31.6 Å². The van der Waals surface area contributed by atoms with E-state index in [9.17, 15) is 14.7 Å². The lowest BCUT2D eigenvalue weighted by Crippen LogP contribution is -2.51. The molecule has 0 bridgehead atoms. The third kappa shape index (κ3) is 6.06. The number of aliphatic hydroxyl groups is 1. The van der Waals surface area contributed by atoms with Gasteiger partial charge in [0.15, 0.2) is 0 Å². The smallest absolute Gasteiger partial charge is 0.222 e. The highest BCUT2D eigenvalue weighted by Crippen LogP contribution is 2.24. The molecule has 0 aromatic heterocycles. The lowest BCUT2D eigenvalue weighted by atomic mass is 9.89. The number of amides is 2. The van der Waals surface area contributed by atoms with Gasteiger partial charge in [0.05, 0.1) is 25.2 Å². The molecule has 0 unspecified atom stereocenters. The van der Waals surface area contributed by atoms with Crippen LogP contribution in [0.2, 0.25) is 0 Å². The molecule has 2 fully saturated rings. The van der Waals surface area contributed by atoms with E-state index in [1.165, 1.54) is 32.1 Å². The summed E-state index contributed by atoms with van der Waals surface area (Å²) in [5.74, 6) is 0.609. The van der Waals surface area contributed by atoms with Gasteiger partial charge in [0.1, 0.15) is 6.10 Å². The Hall–Kier alpha value is -1.14. The normalized spacial score (nSPS) is 28.3. The van der Waals surface area contributed by atoms with E-state index >= 15 is 0 Å². The Morgan fingerprint density at radius 2 is 1.83 bits per heavy atom. The van der Waals surface area contributed by atoms with Crippen LogP contribution in [0.4, 0.5) is 0 Å². The minimum absolute atomic E-state index is 0.0262. The second-order valence-corrected chi connectivity index (χ2v) is 7.10. The molecule has 138 valence electrons. The number of aliphatic hydroxyl groups excluding tert-OH is 1. The van der Waals surface area contributed by atoms with Gasteiger partial charge in [-0.3, -0.25) is 9.59 Å². The number of carbonyl (C=O) groups is 2. The Morgan fingerprint density at radius 3 is 2.50 bits per heavy atom. The molecule has 1 saturated heterocycles. The summed E-state index contributed by atoms with van der Waals surface area (Å²) in [4.78, 5) is 23.7. The van der Waals surface area contributed by atoms with E-state index < -0.39 is 6.10 Å². The molecule has 1 aliphatic heterocycles. The van der Waals surface area contributed by atoms with Crippen molar-refractivity contribution in [2.75, 3.05) is 13.2 Å². The van der Waals surface area contributed by atoms with Crippen LogP contribution in [0.15, 0.2) is 0 Å². The van der Waals surface area contributed by atoms with E-state index in [2.05, 4.69) is 10.6 Å². The zero-order valence-electron chi connectivity index (χ0n) is 14.8. The Bertz CT molecular complexity index is 410. The lowest BCUT2D eigenvalue weighted by molar-refractivity contribution is -0.135. The third-order valence-corrected chi connectivity index (χ3v) is 5.19. The first-order valence-electron chi connectivity index (χ1n) is 9.44. The Morgan fingerprint density at radius 1 is 1.08 bits per heavy atom. The molecule has 1 heterocycles. The molecule has 2 rings (SSSR count). The summed E-state index contributed by atoms with van der Waals surface area (Å²) in [5.41, 5.74) is 0. The summed E-state index contributed by atoms with van der Waals surface area (Å²) in [5, 5.41) is 15.4. The molecule has 0 aromatic carbocycles. The van der Waals surface area contributed by atoms with Crippen molar-refractivity contribution in [1.82, 2.24) is 10.6 Å². The van der Waals surface area contributed by atoms with Crippen molar-refractivity contribution in [1.29, 1.82) is 0 Å². The molecule has 0 radical (unpaired) electrons. The van der Waals surface area contributed by atoms with Gasteiger partial charge in [-0.2, -0.15) is 0 Å². The van der Waals surface area contributed by atoms with Crippen molar-refractivity contribution in [3.63, 3.8) is 0 Å². The summed E-state index contributed by atoms with van der Waals surface area (Å²) in [7, 11) is 0. The predicted octanol–water partition coefficient (Wildman–Crippen LogP) is 1.51. The van der Waals surface area contributed by atoms with E-state index in [0.29, 0.717) is 18.8 Å².